The van der Waals surface area contributed by atoms with Gasteiger partial charge in [-0.1, -0.05) is 31.5 Å². The molecular formula is C12H19N5. The Labute approximate surface area is 102 Å². The summed E-state index contributed by atoms with van der Waals surface area (Å²) in [6, 6.07) is 9.67. The fourth-order valence-electron chi connectivity index (χ4n) is 1.46. The minimum atomic E-state index is -0.0903. The van der Waals surface area contributed by atoms with Crippen LogP contribution in [0.1, 0.15) is 19.8 Å². The van der Waals surface area contributed by atoms with Crippen molar-refractivity contribution in [3.63, 3.8) is 0 Å². The second-order valence-corrected chi connectivity index (χ2v) is 3.70. The van der Waals surface area contributed by atoms with E-state index < -0.39 is 0 Å². The van der Waals surface area contributed by atoms with Gasteiger partial charge in [-0.05, 0) is 18.6 Å². The van der Waals surface area contributed by atoms with Crippen LogP contribution in [0.25, 0.3) is 0 Å². The molecule has 0 aliphatic heterocycles. The molecule has 1 aromatic rings. The number of unbranched alkanes of at least 4 members (excludes halogenated alkanes) is 1. The highest BCUT2D eigenvalue weighted by atomic mass is 15.3. The molecule has 17 heavy (non-hydrogen) atoms. The predicted octanol–water partition coefficient (Wildman–Crippen LogP) is 1.50. The van der Waals surface area contributed by atoms with Crippen LogP contribution in [0.4, 0.5) is 5.69 Å². The molecule has 0 spiro atoms. The molecule has 0 aliphatic rings. The van der Waals surface area contributed by atoms with E-state index in [9.17, 15) is 0 Å². The van der Waals surface area contributed by atoms with Crippen LogP contribution >= 0.6 is 0 Å². The number of nitrogens with zero attached hydrogens (tertiary/aromatic N) is 2. The van der Waals surface area contributed by atoms with Gasteiger partial charge < -0.3 is 16.4 Å². The highest BCUT2D eigenvalue weighted by Gasteiger charge is 2.10. The number of hydrogen-bond acceptors (Lipinski definition) is 1. The Kier molecular flexibility index (Phi) is 5.00. The molecule has 0 bridgehead atoms. The van der Waals surface area contributed by atoms with Gasteiger partial charge >= 0.3 is 0 Å². The Morgan fingerprint density at radius 1 is 1.29 bits per heavy atom. The number of benzene rings is 1. The maximum atomic E-state index is 7.87. The summed E-state index contributed by atoms with van der Waals surface area (Å²) < 4.78 is 0. The second-order valence-electron chi connectivity index (χ2n) is 3.70. The van der Waals surface area contributed by atoms with Crippen molar-refractivity contribution in [2.24, 2.45) is 16.5 Å². The van der Waals surface area contributed by atoms with Crippen molar-refractivity contribution in [1.82, 2.24) is 0 Å². The molecule has 5 nitrogen and oxygen atoms in total. The van der Waals surface area contributed by atoms with Crippen molar-refractivity contribution in [3.8, 4) is 0 Å². The maximum absolute atomic E-state index is 7.87. The van der Waals surface area contributed by atoms with E-state index in [-0.39, 0.29) is 11.9 Å². The van der Waals surface area contributed by atoms with E-state index in [0.29, 0.717) is 0 Å². The lowest BCUT2D eigenvalue weighted by Gasteiger charge is -2.22. The zero-order valence-electron chi connectivity index (χ0n) is 10.1. The first-order valence-corrected chi connectivity index (χ1v) is 5.66. The topological polar surface area (TPSA) is 91.5 Å². The van der Waals surface area contributed by atoms with Crippen LogP contribution in [0, 0.1) is 5.41 Å². The molecule has 0 heterocycles. The zero-order chi connectivity index (χ0) is 12.7. The van der Waals surface area contributed by atoms with Gasteiger partial charge in [-0.25, -0.2) is 0 Å². The van der Waals surface area contributed by atoms with Crippen LogP contribution < -0.4 is 16.4 Å². The Hall–Kier alpha value is -2.04. The molecule has 5 N–H and O–H groups in total. The minimum absolute atomic E-state index is 0.0738. The lowest BCUT2D eigenvalue weighted by atomic mass is 10.2. The molecule has 0 radical (unpaired) electrons. The molecule has 0 saturated heterocycles. The van der Waals surface area contributed by atoms with Crippen LogP contribution in [0.3, 0.4) is 0 Å². The van der Waals surface area contributed by atoms with E-state index in [4.69, 9.17) is 16.9 Å². The molecule has 1 aromatic carbocycles. The molecule has 0 unspecified atom stereocenters. The van der Waals surface area contributed by atoms with Crippen LogP contribution in [0.15, 0.2) is 35.3 Å². The number of anilines is 1. The van der Waals surface area contributed by atoms with Crippen molar-refractivity contribution >= 4 is 17.6 Å². The van der Waals surface area contributed by atoms with Gasteiger partial charge in [0.25, 0.3) is 0 Å². The maximum Gasteiger partial charge on any atom is 0.225 e. The van der Waals surface area contributed by atoms with E-state index in [1.54, 1.807) is 4.90 Å². The summed E-state index contributed by atoms with van der Waals surface area (Å²) in [5, 5.41) is 7.87. The summed E-state index contributed by atoms with van der Waals surface area (Å²) in [5.74, 6) is -0.0166. The van der Waals surface area contributed by atoms with Gasteiger partial charge in [0.2, 0.25) is 5.96 Å². The molecular weight excluding hydrogens is 214 g/mol. The van der Waals surface area contributed by atoms with E-state index in [1.807, 2.05) is 30.3 Å². The summed E-state index contributed by atoms with van der Waals surface area (Å²) in [5.41, 5.74) is 11.5. The number of guanidine groups is 2. The smallest absolute Gasteiger partial charge is 0.225 e. The normalized spacial score (nSPS) is 9.71. The van der Waals surface area contributed by atoms with Gasteiger partial charge in [0, 0.05) is 12.2 Å². The monoisotopic (exact) mass is 233 g/mol. The van der Waals surface area contributed by atoms with Crippen molar-refractivity contribution in [2.45, 2.75) is 19.8 Å². The number of nitrogens with two attached hydrogens (primary N) is 2. The average molecular weight is 233 g/mol. The predicted molar refractivity (Wildman–Crippen MR) is 72.2 cm³/mol. The minimum Gasteiger partial charge on any atom is -0.370 e. The third-order valence-corrected chi connectivity index (χ3v) is 2.29. The quantitative estimate of drug-likeness (QED) is 0.543. The fourth-order valence-corrected chi connectivity index (χ4v) is 1.46. The van der Waals surface area contributed by atoms with Crippen LogP contribution in [0.5, 0.6) is 0 Å². The van der Waals surface area contributed by atoms with E-state index in [1.165, 1.54) is 0 Å². The summed E-state index contributed by atoms with van der Waals surface area (Å²) in [6.45, 7) is 2.84. The fraction of sp³-hybridized carbons (Fsp3) is 0.333. The van der Waals surface area contributed by atoms with Gasteiger partial charge in [-0.3, -0.25) is 5.41 Å². The summed E-state index contributed by atoms with van der Waals surface area (Å²) >= 11 is 0. The molecule has 0 atom stereocenters. The van der Waals surface area contributed by atoms with Crippen molar-refractivity contribution in [3.05, 3.63) is 30.3 Å². The largest absolute Gasteiger partial charge is 0.370 e. The highest BCUT2D eigenvalue weighted by molar-refractivity contribution is 6.01. The first-order valence-electron chi connectivity index (χ1n) is 5.66. The Morgan fingerprint density at radius 2 is 1.94 bits per heavy atom. The van der Waals surface area contributed by atoms with Gasteiger partial charge in [0.1, 0.15) is 0 Å². The second kappa shape index (κ2) is 6.52. The first-order chi connectivity index (χ1) is 8.15. The van der Waals surface area contributed by atoms with Gasteiger partial charge in [-0.15, -0.1) is 0 Å². The Balaban J connectivity index is 2.88. The molecule has 0 saturated carbocycles. The van der Waals surface area contributed by atoms with E-state index >= 15 is 0 Å². The molecule has 0 aromatic heterocycles. The van der Waals surface area contributed by atoms with E-state index in [0.717, 1.165) is 25.1 Å². The van der Waals surface area contributed by atoms with Crippen molar-refractivity contribution in [1.29, 1.82) is 5.41 Å². The Bertz CT molecular complexity index is 381. The number of rotatable bonds is 4. The lowest BCUT2D eigenvalue weighted by Crippen LogP contribution is -2.33. The SMILES string of the molecule is CCCCN(C(=N)N=C(N)N)c1ccccc1. The van der Waals surface area contributed by atoms with Crippen molar-refractivity contribution in [2.75, 3.05) is 11.4 Å². The van der Waals surface area contributed by atoms with Crippen LogP contribution in [0.2, 0.25) is 0 Å². The number of para-hydroxylation sites is 1. The zero-order valence-corrected chi connectivity index (χ0v) is 10.1. The molecule has 1 rings (SSSR count). The van der Waals surface area contributed by atoms with Crippen LogP contribution in [-0.4, -0.2) is 18.5 Å². The van der Waals surface area contributed by atoms with Gasteiger partial charge in [-0.2, -0.15) is 4.99 Å². The highest BCUT2D eigenvalue weighted by Crippen LogP contribution is 2.14. The van der Waals surface area contributed by atoms with Gasteiger partial charge in [0.05, 0.1) is 0 Å². The Morgan fingerprint density at radius 3 is 2.47 bits per heavy atom. The third kappa shape index (κ3) is 4.14. The van der Waals surface area contributed by atoms with E-state index in [2.05, 4.69) is 11.9 Å². The average Bonchev–Trinajstić information content (AvgIpc) is 2.30. The van der Waals surface area contributed by atoms with Crippen molar-refractivity contribution < 1.29 is 0 Å². The molecule has 0 aliphatic carbocycles. The number of nitrogens with one attached hydrogen (secondary N) is 1. The molecule has 0 fully saturated rings. The summed E-state index contributed by atoms with van der Waals surface area (Å²) in [6.07, 6.45) is 2.04. The van der Waals surface area contributed by atoms with Crippen LogP contribution in [-0.2, 0) is 0 Å². The number of aliphatic imine (C=N–C) groups is 1. The standard InChI is InChI=1S/C12H19N5/c1-2-3-9-17(12(15)16-11(13)14)10-7-5-4-6-8-10/h4-8H,2-3,9H2,1H3,(H5,13,14,15,16). The summed E-state index contributed by atoms with van der Waals surface area (Å²) in [7, 11) is 0. The third-order valence-electron chi connectivity index (χ3n) is 2.29. The van der Waals surface area contributed by atoms with Gasteiger partial charge in [0.15, 0.2) is 5.96 Å². The molecule has 92 valence electrons. The summed E-state index contributed by atoms with van der Waals surface area (Å²) in [4.78, 5) is 5.58. The lowest BCUT2D eigenvalue weighted by molar-refractivity contribution is 0.791. The molecule has 0 amide bonds. The number of hydrogen-bond donors (Lipinski definition) is 3. The first kappa shape index (κ1) is 13.0. The molecule has 5 heteroatoms.